The van der Waals surface area contributed by atoms with Crippen molar-refractivity contribution in [1.29, 1.82) is 0 Å². The summed E-state index contributed by atoms with van der Waals surface area (Å²) < 4.78 is 0. The Morgan fingerprint density at radius 2 is 2.35 bits per heavy atom. The van der Waals surface area contributed by atoms with E-state index >= 15 is 0 Å². The number of aryl methyl sites for hydroxylation is 1. The lowest BCUT2D eigenvalue weighted by Gasteiger charge is -2.08. The van der Waals surface area contributed by atoms with Gasteiger partial charge in [-0.1, -0.05) is 23.5 Å². The summed E-state index contributed by atoms with van der Waals surface area (Å²) in [5.41, 5.74) is 1.09. The van der Waals surface area contributed by atoms with Crippen LogP contribution in [0.15, 0.2) is 24.4 Å². The summed E-state index contributed by atoms with van der Waals surface area (Å²) in [4.78, 5) is 4.28. The first kappa shape index (κ1) is 11.8. The number of pyridine rings is 1. The number of thiocarbonyl (C=S) groups is 1. The summed E-state index contributed by atoms with van der Waals surface area (Å²) >= 11 is 5.03. The molecular formula is C11H13N5S. The number of tetrazole rings is 1. The van der Waals surface area contributed by atoms with Gasteiger partial charge in [0.05, 0.1) is 0 Å². The van der Waals surface area contributed by atoms with Crippen molar-refractivity contribution in [2.24, 2.45) is 5.92 Å². The Bertz CT molecular complexity index is 442. The van der Waals surface area contributed by atoms with Gasteiger partial charge in [0.25, 0.3) is 0 Å². The lowest BCUT2D eigenvalue weighted by atomic mass is 10.00. The first-order chi connectivity index (χ1) is 8.38. The molecule has 1 atom stereocenters. The molecule has 1 N–H and O–H groups in total. The van der Waals surface area contributed by atoms with Crippen LogP contribution in [-0.4, -0.2) is 31.0 Å². The molecule has 0 amide bonds. The topological polar surface area (TPSA) is 67.3 Å². The minimum atomic E-state index is 0.282. The Labute approximate surface area is 105 Å². The zero-order chi connectivity index (χ0) is 11.9. The molecule has 2 rings (SSSR count). The smallest absolute Gasteiger partial charge is 0.175 e. The van der Waals surface area contributed by atoms with Crippen LogP contribution in [0.1, 0.15) is 17.9 Å². The van der Waals surface area contributed by atoms with Crippen molar-refractivity contribution in [1.82, 2.24) is 25.6 Å². The van der Waals surface area contributed by atoms with Gasteiger partial charge in [0.1, 0.15) is 0 Å². The van der Waals surface area contributed by atoms with Gasteiger partial charge in [-0.2, -0.15) is 5.21 Å². The molecule has 2 heterocycles. The second kappa shape index (κ2) is 6.15. The van der Waals surface area contributed by atoms with Crippen LogP contribution in [0, 0.1) is 5.92 Å². The maximum absolute atomic E-state index is 5.03. The van der Waals surface area contributed by atoms with Crippen LogP contribution >= 0.6 is 12.2 Å². The van der Waals surface area contributed by atoms with Crippen LogP contribution in [0.2, 0.25) is 0 Å². The number of rotatable bonds is 6. The summed E-state index contributed by atoms with van der Waals surface area (Å²) in [6, 6.07) is 5.93. The lowest BCUT2D eigenvalue weighted by molar-refractivity contribution is 0.612. The quantitative estimate of drug-likeness (QED) is 0.781. The van der Waals surface area contributed by atoms with Crippen LogP contribution in [-0.2, 0) is 12.8 Å². The summed E-state index contributed by atoms with van der Waals surface area (Å²) in [7, 11) is 0. The van der Waals surface area contributed by atoms with Gasteiger partial charge >= 0.3 is 0 Å². The highest BCUT2D eigenvalue weighted by molar-refractivity contribution is 7.79. The van der Waals surface area contributed by atoms with E-state index in [9.17, 15) is 0 Å². The molecule has 2 aromatic heterocycles. The summed E-state index contributed by atoms with van der Waals surface area (Å²) in [6.45, 7) is 0. The number of H-pyrrole nitrogens is 1. The van der Waals surface area contributed by atoms with Gasteiger partial charge < -0.3 is 0 Å². The zero-order valence-electron chi connectivity index (χ0n) is 9.28. The van der Waals surface area contributed by atoms with E-state index in [0.29, 0.717) is 5.82 Å². The van der Waals surface area contributed by atoms with Crippen molar-refractivity contribution in [2.75, 3.05) is 0 Å². The van der Waals surface area contributed by atoms with Crippen LogP contribution in [0.5, 0.6) is 0 Å². The fourth-order valence-corrected chi connectivity index (χ4v) is 1.83. The Hall–Kier alpha value is -1.69. The third-order valence-electron chi connectivity index (χ3n) is 2.52. The van der Waals surface area contributed by atoms with Crippen molar-refractivity contribution in [3.63, 3.8) is 0 Å². The molecule has 2 aromatic rings. The van der Waals surface area contributed by atoms with Crippen molar-refractivity contribution in [2.45, 2.75) is 19.3 Å². The van der Waals surface area contributed by atoms with E-state index < -0.39 is 0 Å². The lowest BCUT2D eigenvalue weighted by Crippen LogP contribution is -2.08. The van der Waals surface area contributed by atoms with Crippen LogP contribution in [0.25, 0.3) is 0 Å². The maximum atomic E-state index is 5.03. The SMILES string of the molecule is S=CC(CCc1ccccn1)Cc1nn[nH]n1. The molecule has 88 valence electrons. The number of hydrogen-bond donors (Lipinski definition) is 1. The highest BCUT2D eigenvalue weighted by Crippen LogP contribution is 2.10. The van der Waals surface area contributed by atoms with E-state index in [1.165, 1.54) is 0 Å². The first-order valence-corrected chi connectivity index (χ1v) is 5.93. The Morgan fingerprint density at radius 1 is 1.41 bits per heavy atom. The molecule has 17 heavy (non-hydrogen) atoms. The van der Waals surface area contributed by atoms with E-state index in [0.717, 1.165) is 25.0 Å². The molecule has 0 aromatic carbocycles. The molecule has 0 radical (unpaired) electrons. The van der Waals surface area contributed by atoms with Crippen molar-refractivity contribution < 1.29 is 0 Å². The molecule has 0 aliphatic heterocycles. The van der Waals surface area contributed by atoms with E-state index in [1.54, 1.807) is 11.6 Å². The minimum Gasteiger partial charge on any atom is -0.261 e. The monoisotopic (exact) mass is 247 g/mol. The second-order valence-electron chi connectivity index (χ2n) is 3.79. The number of aromatic amines is 1. The van der Waals surface area contributed by atoms with Crippen LogP contribution in [0.4, 0.5) is 0 Å². The van der Waals surface area contributed by atoms with E-state index in [-0.39, 0.29) is 5.92 Å². The van der Waals surface area contributed by atoms with Gasteiger partial charge in [-0.3, -0.25) is 4.98 Å². The fourth-order valence-electron chi connectivity index (χ4n) is 1.60. The molecule has 0 bridgehead atoms. The molecule has 0 fully saturated rings. The molecular weight excluding hydrogens is 234 g/mol. The van der Waals surface area contributed by atoms with E-state index in [4.69, 9.17) is 12.2 Å². The van der Waals surface area contributed by atoms with Gasteiger partial charge in [0, 0.05) is 18.3 Å². The minimum absolute atomic E-state index is 0.282. The maximum Gasteiger partial charge on any atom is 0.175 e. The average molecular weight is 247 g/mol. The van der Waals surface area contributed by atoms with Gasteiger partial charge in [0.15, 0.2) is 5.82 Å². The predicted molar refractivity (Wildman–Crippen MR) is 67.6 cm³/mol. The standard InChI is InChI=1S/C11H13N5S/c17-8-9(7-11-13-15-16-14-11)4-5-10-3-1-2-6-12-10/h1-3,6,8-9H,4-5,7H2,(H,13,14,15,16). The van der Waals surface area contributed by atoms with Crippen LogP contribution in [0.3, 0.4) is 0 Å². The zero-order valence-corrected chi connectivity index (χ0v) is 10.1. The van der Waals surface area contributed by atoms with E-state index in [2.05, 4.69) is 25.6 Å². The number of hydrogen-bond acceptors (Lipinski definition) is 5. The highest BCUT2D eigenvalue weighted by atomic mass is 32.1. The molecule has 1 unspecified atom stereocenters. The number of aromatic nitrogens is 5. The Kier molecular flexibility index (Phi) is 4.26. The van der Waals surface area contributed by atoms with Gasteiger partial charge in [-0.05, 0) is 36.3 Å². The summed E-state index contributed by atoms with van der Waals surface area (Å²) in [5.74, 6) is 0.988. The normalized spacial score (nSPS) is 12.2. The van der Waals surface area contributed by atoms with Gasteiger partial charge in [0.2, 0.25) is 0 Å². The van der Waals surface area contributed by atoms with Crippen molar-refractivity contribution in [3.8, 4) is 0 Å². The molecule has 0 aliphatic rings. The Morgan fingerprint density at radius 3 is 3.00 bits per heavy atom. The highest BCUT2D eigenvalue weighted by Gasteiger charge is 2.10. The summed E-state index contributed by atoms with van der Waals surface area (Å²) in [6.07, 6.45) is 4.40. The van der Waals surface area contributed by atoms with E-state index in [1.807, 2.05) is 18.2 Å². The van der Waals surface area contributed by atoms with Crippen molar-refractivity contribution >= 4 is 17.6 Å². The van der Waals surface area contributed by atoms with Gasteiger partial charge in [-0.25, -0.2) is 0 Å². The molecule has 6 heteroatoms. The number of nitrogens with one attached hydrogen (secondary N) is 1. The van der Waals surface area contributed by atoms with Crippen molar-refractivity contribution in [3.05, 3.63) is 35.9 Å². The first-order valence-electron chi connectivity index (χ1n) is 5.46. The molecule has 0 saturated carbocycles. The second-order valence-corrected chi connectivity index (χ2v) is 4.06. The molecule has 0 saturated heterocycles. The van der Waals surface area contributed by atoms with Gasteiger partial charge in [-0.15, -0.1) is 10.2 Å². The third kappa shape index (κ3) is 3.67. The third-order valence-corrected chi connectivity index (χ3v) is 2.91. The molecule has 0 aliphatic carbocycles. The number of nitrogens with zero attached hydrogens (tertiary/aromatic N) is 4. The van der Waals surface area contributed by atoms with Crippen LogP contribution < -0.4 is 0 Å². The summed E-state index contributed by atoms with van der Waals surface area (Å²) in [5, 5.41) is 15.6. The average Bonchev–Trinajstić information content (AvgIpc) is 2.88. The Balaban J connectivity index is 1.86. The largest absolute Gasteiger partial charge is 0.261 e. The predicted octanol–water partition coefficient (Wildman–Crippen LogP) is 1.39. The molecule has 5 nitrogen and oxygen atoms in total. The molecule has 0 spiro atoms. The fraction of sp³-hybridized carbons (Fsp3) is 0.364.